The average molecular weight is 529 g/mol. The van der Waals surface area contributed by atoms with E-state index in [1.165, 1.54) is 12.4 Å². The molecule has 0 spiro atoms. The third kappa shape index (κ3) is 5.32. The van der Waals surface area contributed by atoms with Crippen molar-refractivity contribution in [2.24, 2.45) is 0 Å². The summed E-state index contributed by atoms with van der Waals surface area (Å²) in [6.07, 6.45) is 4.99. The van der Waals surface area contributed by atoms with Gasteiger partial charge in [0.25, 0.3) is 10.0 Å². The Morgan fingerprint density at radius 1 is 1.03 bits per heavy atom. The van der Waals surface area contributed by atoms with Gasteiger partial charge in [0, 0.05) is 34.3 Å². The highest BCUT2D eigenvalue weighted by atomic mass is 79.9. The van der Waals surface area contributed by atoms with E-state index in [4.69, 9.17) is 4.74 Å². The fourth-order valence-corrected chi connectivity index (χ4v) is 4.86. The lowest BCUT2D eigenvalue weighted by atomic mass is 10.3. The summed E-state index contributed by atoms with van der Waals surface area (Å²) in [5.74, 6) is 2.39. The number of hydrogen-bond donors (Lipinski definition) is 2. The van der Waals surface area contributed by atoms with Crippen molar-refractivity contribution in [1.82, 2.24) is 19.5 Å². The van der Waals surface area contributed by atoms with Gasteiger partial charge in [0.15, 0.2) is 0 Å². The topological polar surface area (TPSA) is 111 Å². The minimum absolute atomic E-state index is 0.0595. The fraction of sp³-hybridized carbons (Fsp3) is 0.136. The maximum absolute atomic E-state index is 13.0. The second kappa shape index (κ2) is 9.59. The quantitative estimate of drug-likeness (QED) is 0.341. The van der Waals surface area contributed by atoms with E-state index < -0.39 is 10.0 Å². The van der Waals surface area contributed by atoms with E-state index in [0.29, 0.717) is 34.2 Å². The summed E-state index contributed by atoms with van der Waals surface area (Å²) >= 11 is 3.32. The van der Waals surface area contributed by atoms with Gasteiger partial charge in [-0.15, -0.1) is 0 Å². The third-order valence-electron chi connectivity index (χ3n) is 4.63. The minimum Gasteiger partial charge on any atom is -0.492 e. The number of rotatable bonds is 8. The maximum Gasteiger partial charge on any atom is 0.265 e. The molecular weight excluding hydrogens is 508 g/mol. The number of benzene rings is 2. The largest absolute Gasteiger partial charge is 0.492 e. The number of halogens is 1. The van der Waals surface area contributed by atoms with Crippen LogP contribution in [0.15, 0.2) is 76.6 Å². The Kier molecular flexibility index (Phi) is 6.61. The zero-order chi connectivity index (χ0) is 23.4. The van der Waals surface area contributed by atoms with Crippen LogP contribution in [0.5, 0.6) is 5.75 Å². The van der Waals surface area contributed by atoms with Crippen LogP contribution >= 0.6 is 15.9 Å². The number of aryl methyl sites for hydroxylation is 1. The summed E-state index contributed by atoms with van der Waals surface area (Å²) in [6.45, 7) is 4.05. The molecule has 0 saturated carbocycles. The number of nitrogens with one attached hydrogen (secondary N) is 2. The second-order valence-corrected chi connectivity index (χ2v) is 9.50. The molecule has 4 rings (SSSR count). The number of anilines is 3. The molecule has 0 aliphatic carbocycles. The molecule has 0 amide bonds. The number of ether oxygens (including phenoxy) is 1. The van der Waals surface area contributed by atoms with Gasteiger partial charge in [-0.25, -0.2) is 23.4 Å². The molecule has 0 unspecified atom stereocenters. The van der Waals surface area contributed by atoms with Gasteiger partial charge in [0.1, 0.15) is 34.4 Å². The van der Waals surface area contributed by atoms with Crippen molar-refractivity contribution in [3.63, 3.8) is 0 Å². The van der Waals surface area contributed by atoms with E-state index >= 15 is 0 Å². The predicted molar refractivity (Wildman–Crippen MR) is 130 cm³/mol. The van der Waals surface area contributed by atoms with Crippen LogP contribution in [-0.4, -0.2) is 34.5 Å². The van der Waals surface area contributed by atoms with E-state index in [1.54, 1.807) is 55.6 Å². The van der Waals surface area contributed by atoms with Crippen LogP contribution in [0.4, 0.5) is 17.2 Å². The summed E-state index contributed by atoms with van der Waals surface area (Å²) < 4.78 is 36.5. The summed E-state index contributed by atoms with van der Waals surface area (Å²) in [5.41, 5.74) is 1.16. The van der Waals surface area contributed by atoms with Crippen LogP contribution in [0.25, 0.3) is 5.82 Å². The Balaban J connectivity index is 1.51. The lowest BCUT2D eigenvalue weighted by molar-refractivity contribution is 0.331. The Morgan fingerprint density at radius 3 is 2.48 bits per heavy atom. The van der Waals surface area contributed by atoms with Crippen LogP contribution in [0.1, 0.15) is 12.7 Å². The zero-order valence-corrected chi connectivity index (χ0v) is 20.3. The van der Waals surface area contributed by atoms with Gasteiger partial charge < -0.3 is 10.1 Å². The van der Waals surface area contributed by atoms with Gasteiger partial charge in [-0.3, -0.25) is 9.29 Å². The van der Waals surface area contributed by atoms with Gasteiger partial charge >= 0.3 is 0 Å². The molecule has 0 atom stereocenters. The molecule has 2 aromatic heterocycles. The van der Waals surface area contributed by atoms with E-state index in [1.807, 2.05) is 17.7 Å². The van der Waals surface area contributed by atoms with Gasteiger partial charge in [-0.2, -0.15) is 0 Å². The molecule has 9 nitrogen and oxygen atoms in total. The van der Waals surface area contributed by atoms with E-state index in [2.05, 4.69) is 40.9 Å². The standard InChI is InChI=1S/C22H21BrN6O3S/c1-3-32-19-9-4-16(23)12-20(19)33(30,31)28-18-7-5-17(6-8-18)27-21-13-22(26-14-25-21)29-11-10-24-15(29)2/h4-14,28H,3H2,1-2H3,(H,25,26,27). The second-order valence-electron chi connectivity index (χ2n) is 6.94. The molecule has 2 aromatic carbocycles. The SMILES string of the molecule is CCOc1ccc(Br)cc1S(=O)(=O)Nc1ccc(Nc2cc(-n3ccnc3C)ncn2)cc1. The molecule has 4 aromatic rings. The molecule has 11 heteroatoms. The smallest absolute Gasteiger partial charge is 0.265 e. The van der Waals surface area contributed by atoms with Crippen molar-refractivity contribution in [1.29, 1.82) is 0 Å². The highest BCUT2D eigenvalue weighted by molar-refractivity contribution is 9.10. The third-order valence-corrected chi connectivity index (χ3v) is 6.53. The first-order valence-electron chi connectivity index (χ1n) is 10.0. The lowest BCUT2D eigenvalue weighted by Gasteiger charge is -2.13. The summed E-state index contributed by atoms with van der Waals surface area (Å²) in [6, 6.07) is 13.5. The molecule has 33 heavy (non-hydrogen) atoms. The van der Waals surface area contributed by atoms with Gasteiger partial charge in [-0.1, -0.05) is 15.9 Å². The van der Waals surface area contributed by atoms with Crippen molar-refractivity contribution in [3.05, 3.63) is 77.5 Å². The number of hydrogen-bond acceptors (Lipinski definition) is 7. The molecular formula is C22H21BrN6O3S. The lowest BCUT2D eigenvalue weighted by Crippen LogP contribution is -2.14. The van der Waals surface area contributed by atoms with E-state index in [0.717, 1.165) is 11.5 Å². The number of imidazole rings is 1. The van der Waals surface area contributed by atoms with Crippen LogP contribution in [0.3, 0.4) is 0 Å². The first kappa shape index (κ1) is 22.7. The summed E-state index contributed by atoms with van der Waals surface area (Å²) in [7, 11) is -3.85. The van der Waals surface area contributed by atoms with Crippen molar-refractivity contribution in [3.8, 4) is 11.6 Å². The number of aromatic nitrogens is 4. The minimum atomic E-state index is -3.85. The molecule has 0 aliphatic heterocycles. The number of nitrogens with zero attached hydrogens (tertiary/aromatic N) is 4. The van der Waals surface area contributed by atoms with Gasteiger partial charge in [0.05, 0.1) is 6.61 Å². The molecule has 0 aliphatic rings. The monoisotopic (exact) mass is 528 g/mol. The zero-order valence-electron chi connectivity index (χ0n) is 17.9. The van der Waals surface area contributed by atoms with Crippen molar-refractivity contribution < 1.29 is 13.2 Å². The predicted octanol–water partition coefficient (Wildman–Crippen LogP) is 4.68. The highest BCUT2D eigenvalue weighted by Crippen LogP contribution is 2.29. The molecule has 0 radical (unpaired) electrons. The summed E-state index contributed by atoms with van der Waals surface area (Å²) in [4.78, 5) is 12.8. The first-order valence-corrected chi connectivity index (χ1v) is 12.3. The first-order chi connectivity index (χ1) is 15.9. The van der Waals surface area contributed by atoms with Crippen molar-refractivity contribution >= 4 is 43.1 Å². The fourth-order valence-electron chi connectivity index (χ4n) is 3.11. The Hall–Kier alpha value is -3.44. The van der Waals surface area contributed by atoms with Crippen LogP contribution in [0.2, 0.25) is 0 Å². The Morgan fingerprint density at radius 2 is 1.79 bits per heavy atom. The average Bonchev–Trinajstić information content (AvgIpc) is 3.22. The Bertz CT molecular complexity index is 1370. The molecule has 0 bridgehead atoms. The van der Waals surface area contributed by atoms with Crippen LogP contribution < -0.4 is 14.8 Å². The van der Waals surface area contributed by atoms with Crippen LogP contribution in [-0.2, 0) is 10.0 Å². The van der Waals surface area contributed by atoms with Gasteiger partial charge in [-0.05, 0) is 56.3 Å². The molecule has 170 valence electrons. The van der Waals surface area contributed by atoms with Crippen LogP contribution in [0, 0.1) is 6.92 Å². The van der Waals surface area contributed by atoms with Crippen molar-refractivity contribution in [2.45, 2.75) is 18.7 Å². The van der Waals surface area contributed by atoms with E-state index in [-0.39, 0.29) is 4.90 Å². The van der Waals surface area contributed by atoms with Gasteiger partial charge in [0.2, 0.25) is 0 Å². The highest BCUT2D eigenvalue weighted by Gasteiger charge is 2.20. The molecule has 2 heterocycles. The molecule has 0 fully saturated rings. The van der Waals surface area contributed by atoms with Crippen molar-refractivity contribution in [2.75, 3.05) is 16.6 Å². The molecule has 2 N–H and O–H groups in total. The molecule has 0 saturated heterocycles. The summed E-state index contributed by atoms with van der Waals surface area (Å²) in [5, 5.41) is 3.19. The van der Waals surface area contributed by atoms with E-state index in [9.17, 15) is 8.42 Å². The maximum atomic E-state index is 13.0. The Labute approximate surface area is 200 Å². The number of sulfonamides is 1. The normalized spacial score (nSPS) is 11.2.